The van der Waals surface area contributed by atoms with Gasteiger partial charge in [0, 0.05) is 0 Å². The van der Waals surface area contributed by atoms with E-state index in [9.17, 15) is 4.79 Å². The van der Waals surface area contributed by atoms with Gasteiger partial charge in [-0.2, -0.15) is 0 Å². The zero-order valence-electron chi connectivity index (χ0n) is 9.50. The van der Waals surface area contributed by atoms with E-state index >= 15 is 0 Å². The molecular formula is C12H13IO2Si. The molecule has 4 heteroatoms. The molecule has 0 atom stereocenters. The van der Waals surface area contributed by atoms with E-state index in [4.69, 9.17) is 3.07 Å². The van der Waals surface area contributed by atoms with Gasteiger partial charge >= 0.3 is 105 Å². The third-order valence-electron chi connectivity index (χ3n) is 1.93. The Bertz CT molecular complexity index is 494. The Hall–Kier alpha value is -0.803. The first-order valence-corrected chi connectivity index (χ1v) is 11.6. The van der Waals surface area contributed by atoms with Crippen molar-refractivity contribution in [1.82, 2.24) is 0 Å². The molecule has 0 unspecified atom stereocenters. The molecule has 0 saturated carbocycles. The van der Waals surface area contributed by atoms with Gasteiger partial charge in [-0.1, -0.05) is 0 Å². The first-order chi connectivity index (χ1) is 7.47. The molecule has 0 radical (unpaired) electrons. The van der Waals surface area contributed by atoms with Crippen LogP contribution in [0.3, 0.4) is 0 Å². The minimum atomic E-state index is -2.00. The summed E-state index contributed by atoms with van der Waals surface area (Å²) in [5.41, 5.74) is 4.03. The van der Waals surface area contributed by atoms with E-state index in [1.54, 1.807) is 0 Å². The summed E-state index contributed by atoms with van der Waals surface area (Å²) in [6, 6.07) is 7.61. The zero-order valence-corrected chi connectivity index (χ0v) is 12.7. The molecule has 1 heterocycles. The van der Waals surface area contributed by atoms with Gasteiger partial charge in [0.2, 0.25) is 0 Å². The van der Waals surface area contributed by atoms with Gasteiger partial charge in [-0.15, -0.1) is 0 Å². The summed E-state index contributed by atoms with van der Waals surface area (Å²) in [5.74, 6) is -0.189. The van der Waals surface area contributed by atoms with E-state index in [0.29, 0.717) is 0 Å². The Balaban J connectivity index is 2.34. The average molecular weight is 344 g/mol. The summed E-state index contributed by atoms with van der Waals surface area (Å²) < 4.78 is 9.68. The number of fused-ring (bicyclic) bond motifs is 1. The van der Waals surface area contributed by atoms with Gasteiger partial charge in [0.1, 0.15) is 0 Å². The summed E-state index contributed by atoms with van der Waals surface area (Å²) >= 11 is -2.00. The van der Waals surface area contributed by atoms with Crippen LogP contribution in [-0.4, -0.2) is 14.0 Å². The van der Waals surface area contributed by atoms with E-state index in [1.165, 1.54) is 0 Å². The summed E-state index contributed by atoms with van der Waals surface area (Å²) in [6.45, 7) is 6.58. The molecule has 0 fully saturated rings. The Morgan fingerprint density at radius 1 is 1.25 bits per heavy atom. The molecule has 2 nitrogen and oxygen atoms in total. The molecule has 0 N–H and O–H groups in total. The number of halogens is 1. The molecule has 0 aliphatic carbocycles. The topological polar surface area (TPSA) is 26.3 Å². The maximum atomic E-state index is 11.6. The van der Waals surface area contributed by atoms with E-state index in [1.807, 2.05) is 24.3 Å². The fourth-order valence-electron chi connectivity index (χ4n) is 1.18. The monoisotopic (exact) mass is 344 g/mol. The van der Waals surface area contributed by atoms with Gasteiger partial charge in [0.15, 0.2) is 0 Å². The molecule has 0 aromatic heterocycles. The summed E-state index contributed by atoms with van der Waals surface area (Å²) in [7, 11) is -1.38. The molecular weight excluding hydrogens is 331 g/mol. The van der Waals surface area contributed by atoms with Gasteiger partial charge in [0.05, 0.1) is 0 Å². The predicted octanol–water partition coefficient (Wildman–Crippen LogP) is 3.29. The second kappa shape index (κ2) is 4.22. The van der Waals surface area contributed by atoms with Crippen LogP contribution in [0.2, 0.25) is 19.6 Å². The molecule has 1 aliphatic heterocycles. The van der Waals surface area contributed by atoms with Crippen molar-refractivity contribution in [3.8, 4) is 9.47 Å². The number of carbonyl (C=O) groups excluding carboxylic acids is 1. The first-order valence-electron chi connectivity index (χ1n) is 5.02. The normalized spacial score (nSPS) is 16.2. The van der Waals surface area contributed by atoms with E-state index in [-0.39, 0.29) is 5.97 Å². The second-order valence-electron chi connectivity index (χ2n) is 4.56. The van der Waals surface area contributed by atoms with Crippen LogP contribution in [-0.2, 0) is 3.07 Å². The zero-order chi connectivity index (χ0) is 11.8. The standard InChI is InChI=1S/C12H13IO2Si/c1-16(2,3)9-8-13-11-7-5-4-6-10(11)12(14)15-13/h4-7H,1-3H3. The summed E-state index contributed by atoms with van der Waals surface area (Å²) in [5, 5.41) is 0. The number of carbonyl (C=O) groups is 1. The van der Waals surface area contributed by atoms with Crippen molar-refractivity contribution < 1.29 is 7.86 Å². The van der Waals surface area contributed by atoms with Crippen LogP contribution in [0.4, 0.5) is 0 Å². The predicted molar refractivity (Wildman–Crippen MR) is 75.7 cm³/mol. The van der Waals surface area contributed by atoms with E-state index < -0.39 is 28.3 Å². The maximum absolute atomic E-state index is 11.6. The molecule has 0 spiro atoms. The van der Waals surface area contributed by atoms with Crippen molar-refractivity contribution in [1.29, 1.82) is 0 Å². The third-order valence-corrected chi connectivity index (χ3v) is 6.91. The second-order valence-corrected chi connectivity index (χ2v) is 12.9. The van der Waals surface area contributed by atoms with E-state index in [2.05, 4.69) is 29.1 Å². The van der Waals surface area contributed by atoms with Gasteiger partial charge in [0.25, 0.3) is 0 Å². The van der Waals surface area contributed by atoms with Crippen LogP contribution in [0.15, 0.2) is 24.3 Å². The van der Waals surface area contributed by atoms with Crippen LogP contribution >= 0.6 is 20.2 Å². The molecule has 0 saturated heterocycles. The fraction of sp³-hybridized carbons (Fsp3) is 0.250. The van der Waals surface area contributed by atoms with Crippen molar-refractivity contribution >= 4 is 34.3 Å². The van der Waals surface area contributed by atoms with Crippen molar-refractivity contribution in [3.63, 3.8) is 0 Å². The Morgan fingerprint density at radius 2 is 1.94 bits per heavy atom. The van der Waals surface area contributed by atoms with Crippen molar-refractivity contribution in [3.05, 3.63) is 33.4 Å². The van der Waals surface area contributed by atoms with Gasteiger partial charge < -0.3 is 0 Å². The molecule has 1 aliphatic rings. The average Bonchev–Trinajstić information content (AvgIpc) is 2.53. The Kier molecular flexibility index (Phi) is 3.08. The molecule has 16 heavy (non-hydrogen) atoms. The number of benzene rings is 1. The number of hydrogen-bond donors (Lipinski definition) is 0. The SMILES string of the molecule is C[Si](C)(C)C#CI1OC(=O)c2ccccc21. The molecule has 0 bridgehead atoms. The minimum absolute atomic E-state index is 0.189. The molecule has 84 valence electrons. The van der Waals surface area contributed by atoms with Crippen LogP contribution in [0.5, 0.6) is 0 Å². The Labute approximate surface area is 104 Å². The van der Waals surface area contributed by atoms with Crippen molar-refractivity contribution in [2.75, 3.05) is 0 Å². The fourth-order valence-corrected chi connectivity index (χ4v) is 7.45. The number of rotatable bonds is 0. The number of hydrogen-bond acceptors (Lipinski definition) is 2. The van der Waals surface area contributed by atoms with Gasteiger partial charge in [-0.25, -0.2) is 0 Å². The van der Waals surface area contributed by atoms with Crippen LogP contribution in [0.1, 0.15) is 10.4 Å². The molecule has 1 aromatic rings. The third kappa shape index (κ3) is 2.47. The first kappa shape index (κ1) is 11.7. The van der Waals surface area contributed by atoms with Crippen LogP contribution < -0.4 is 0 Å². The summed E-state index contributed by atoms with van der Waals surface area (Å²) in [4.78, 5) is 11.6. The Morgan fingerprint density at radius 3 is 2.62 bits per heavy atom. The van der Waals surface area contributed by atoms with Crippen LogP contribution in [0, 0.1) is 13.0 Å². The molecule has 0 amide bonds. The van der Waals surface area contributed by atoms with Crippen molar-refractivity contribution in [2.45, 2.75) is 19.6 Å². The van der Waals surface area contributed by atoms with Gasteiger partial charge in [-0.05, 0) is 0 Å². The quantitative estimate of drug-likeness (QED) is 0.410. The summed E-state index contributed by atoms with van der Waals surface area (Å²) in [6.07, 6.45) is 0. The molecule has 1 aromatic carbocycles. The van der Waals surface area contributed by atoms with Crippen molar-refractivity contribution in [2.24, 2.45) is 0 Å². The van der Waals surface area contributed by atoms with Gasteiger partial charge in [-0.3, -0.25) is 0 Å². The van der Waals surface area contributed by atoms with Crippen LogP contribution in [0.25, 0.3) is 0 Å². The van der Waals surface area contributed by atoms with E-state index in [0.717, 1.165) is 9.13 Å². The molecule has 2 rings (SSSR count).